The maximum Gasteiger partial charge on any atom is 0.233 e. The number of allylic oxidation sites excluding steroid dienone is 7. The number of nitriles is 1. The molecule has 158 valence electrons. The minimum Gasteiger partial charge on any atom is -0.364 e. The van der Waals surface area contributed by atoms with Gasteiger partial charge in [-0.05, 0) is 68.6 Å². The minimum atomic E-state index is -0.310. The zero-order valence-corrected chi connectivity index (χ0v) is 19.0. The molecule has 4 rings (SSSR count). The van der Waals surface area contributed by atoms with Gasteiger partial charge in [0, 0.05) is 22.8 Å². The van der Waals surface area contributed by atoms with Crippen LogP contribution in [-0.4, -0.2) is 28.6 Å². The third-order valence-corrected chi connectivity index (χ3v) is 8.67. The summed E-state index contributed by atoms with van der Waals surface area (Å²) in [6, 6.07) is 2.33. The molecular weight excluding hydrogens is 390 g/mol. The molecule has 2 aliphatic carbocycles. The predicted molar refractivity (Wildman–Crippen MR) is 123 cm³/mol. The quantitative estimate of drug-likeness (QED) is 0.674. The number of thioether (sulfide) groups is 1. The molecule has 0 aromatic rings. The van der Waals surface area contributed by atoms with Crippen molar-refractivity contribution in [1.82, 2.24) is 10.2 Å². The van der Waals surface area contributed by atoms with Gasteiger partial charge in [0.25, 0.3) is 0 Å². The van der Waals surface area contributed by atoms with Crippen molar-refractivity contribution in [1.29, 1.82) is 5.26 Å². The maximum absolute atomic E-state index is 13.3. The van der Waals surface area contributed by atoms with Crippen LogP contribution in [0.1, 0.15) is 46.0 Å². The van der Waals surface area contributed by atoms with Gasteiger partial charge in [-0.1, -0.05) is 31.7 Å². The number of carbonyl (C=O) groups excluding carboxylic acids is 1. The predicted octanol–water partition coefficient (Wildman–Crippen LogP) is 5.06. The summed E-state index contributed by atoms with van der Waals surface area (Å²) < 4.78 is 0. The molecule has 2 aliphatic heterocycles. The Kier molecular flexibility index (Phi) is 5.72. The molecule has 2 fully saturated rings. The van der Waals surface area contributed by atoms with Crippen LogP contribution in [0, 0.1) is 29.1 Å². The molecule has 4 atom stereocenters. The summed E-state index contributed by atoms with van der Waals surface area (Å²) in [5, 5.41) is 13.5. The Morgan fingerprint density at radius 1 is 1.47 bits per heavy atom. The van der Waals surface area contributed by atoms with E-state index in [0.29, 0.717) is 11.8 Å². The van der Waals surface area contributed by atoms with Crippen LogP contribution in [0.5, 0.6) is 0 Å². The van der Waals surface area contributed by atoms with E-state index in [2.05, 4.69) is 50.0 Å². The van der Waals surface area contributed by atoms with E-state index in [-0.39, 0.29) is 22.6 Å². The number of carbonyl (C=O) groups is 1. The summed E-state index contributed by atoms with van der Waals surface area (Å²) in [6.45, 7) is 8.24. The van der Waals surface area contributed by atoms with Crippen LogP contribution < -0.4 is 5.32 Å². The fourth-order valence-electron chi connectivity index (χ4n) is 5.12. The molecule has 0 spiro atoms. The molecule has 0 aromatic carbocycles. The summed E-state index contributed by atoms with van der Waals surface area (Å²) in [5.41, 5.74) is 1.75. The zero-order valence-electron chi connectivity index (χ0n) is 18.1. The van der Waals surface area contributed by atoms with Gasteiger partial charge in [0.2, 0.25) is 5.91 Å². The van der Waals surface area contributed by atoms with Gasteiger partial charge in [-0.3, -0.25) is 4.79 Å². The number of nitrogens with one attached hydrogen (secondary N) is 1. The third kappa shape index (κ3) is 3.67. The van der Waals surface area contributed by atoms with E-state index in [1.54, 1.807) is 11.0 Å². The standard InChI is InChI=1S/C25H31N3OS/c1-5-7-22-27-25(3,23(18-8-9-18)24(29)28(22)4)21-11-10-20(30-21)19-13-16(6-2)12-17(14-19)15-26/h5,7,10,12,14,16,18,21,23,27H,1,6,8-9,11,13H2,2-4H3/b22-7+/t16?,21?,23-,25-/m1/s1. The van der Waals surface area contributed by atoms with Gasteiger partial charge in [-0.2, -0.15) is 5.26 Å². The molecule has 2 heterocycles. The highest BCUT2D eigenvalue weighted by molar-refractivity contribution is 8.04. The lowest BCUT2D eigenvalue weighted by Gasteiger charge is -2.50. The van der Waals surface area contributed by atoms with E-state index in [1.165, 1.54) is 10.5 Å². The van der Waals surface area contributed by atoms with Crippen molar-refractivity contribution in [3.8, 4) is 6.07 Å². The summed E-state index contributed by atoms with van der Waals surface area (Å²) in [6.07, 6.45) is 15.4. The number of hydrogen-bond acceptors (Lipinski definition) is 4. The summed E-state index contributed by atoms with van der Waals surface area (Å²) in [4.78, 5) is 16.4. The van der Waals surface area contributed by atoms with Gasteiger partial charge in [0.15, 0.2) is 0 Å². The van der Waals surface area contributed by atoms with Crippen molar-refractivity contribution >= 4 is 17.7 Å². The number of nitrogens with zero attached hydrogens (tertiary/aromatic N) is 2. The second-order valence-electron chi connectivity index (χ2n) is 9.09. The van der Waals surface area contributed by atoms with Crippen molar-refractivity contribution in [2.45, 2.75) is 56.7 Å². The third-order valence-electron chi connectivity index (χ3n) is 7.02. The molecule has 30 heavy (non-hydrogen) atoms. The van der Waals surface area contributed by atoms with Crippen LogP contribution in [0.15, 0.2) is 58.8 Å². The lowest BCUT2D eigenvalue weighted by atomic mass is 9.75. The molecule has 5 heteroatoms. The first kappa shape index (κ1) is 21.1. The van der Waals surface area contributed by atoms with Gasteiger partial charge >= 0.3 is 0 Å². The van der Waals surface area contributed by atoms with Gasteiger partial charge < -0.3 is 10.2 Å². The molecule has 0 aromatic heterocycles. The van der Waals surface area contributed by atoms with Crippen LogP contribution in [0.4, 0.5) is 0 Å². The molecule has 0 bridgehead atoms. The molecule has 1 saturated carbocycles. The van der Waals surface area contributed by atoms with Gasteiger partial charge in [0.1, 0.15) is 5.82 Å². The van der Waals surface area contributed by atoms with Gasteiger partial charge in [0.05, 0.1) is 17.5 Å². The molecule has 1 amide bonds. The average molecular weight is 422 g/mol. The topological polar surface area (TPSA) is 56.1 Å². The molecule has 0 radical (unpaired) electrons. The molecule has 4 nitrogen and oxygen atoms in total. The normalized spacial score (nSPS) is 35.3. The maximum atomic E-state index is 13.3. The lowest BCUT2D eigenvalue weighted by molar-refractivity contribution is -0.139. The first-order valence-corrected chi connectivity index (χ1v) is 11.9. The number of amides is 1. The lowest BCUT2D eigenvalue weighted by Crippen LogP contribution is -2.66. The Hall–Kier alpha value is -2.19. The second-order valence-corrected chi connectivity index (χ2v) is 10.3. The molecule has 1 N–H and O–H groups in total. The first-order chi connectivity index (χ1) is 14.4. The van der Waals surface area contributed by atoms with Crippen molar-refractivity contribution < 1.29 is 4.79 Å². The summed E-state index contributed by atoms with van der Waals surface area (Å²) >= 11 is 1.89. The van der Waals surface area contributed by atoms with E-state index in [4.69, 9.17) is 0 Å². The van der Waals surface area contributed by atoms with Gasteiger partial charge in [-0.25, -0.2) is 0 Å². The van der Waals surface area contributed by atoms with Crippen LogP contribution in [-0.2, 0) is 4.79 Å². The Labute approximate surface area is 184 Å². The highest BCUT2D eigenvalue weighted by Crippen LogP contribution is 2.53. The SMILES string of the molecule is C=C/C=C1\N[C@](C)(C2CC=C(C3=CC(C#N)=CC(CC)C3)S2)[C@H](C2CC2)C(=O)N1C. The van der Waals surface area contributed by atoms with Crippen LogP contribution >= 0.6 is 11.8 Å². The minimum absolute atomic E-state index is 0.00648. The van der Waals surface area contributed by atoms with Crippen molar-refractivity contribution in [3.63, 3.8) is 0 Å². The fraction of sp³-hybridized carbons (Fsp3) is 0.520. The van der Waals surface area contributed by atoms with E-state index < -0.39 is 0 Å². The Morgan fingerprint density at radius 3 is 2.87 bits per heavy atom. The molecule has 2 unspecified atom stereocenters. The van der Waals surface area contributed by atoms with Gasteiger partial charge in [-0.15, -0.1) is 11.8 Å². The van der Waals surface area contributed by atoms with E-state index >= 15 is 0 Å². The average Bonchev–Trinajstić information content (AvgIpc) is 3.44. The van der Waals surface area contributed by atoms with E-state index in [9.17, 15) is 10.1 Å². The number of rotatable bonds is 5. The van der Waals surface area contributed by atoms with Crippen LogP contribution in [0.2, 0.25) is 0 Å². The van der Waals surface area contributed by atoms with Crippen molar-refractivity contribution in [3.05, 3.63) is 58.8 Å². The Balaban J connectivity index is 1.59. The number of hydrogen-bond donors (Lipinski definition) is 1. The highest BCUT2D eigenvalue weighted by Gasteiger charge is 2.56. The van der Waals surface area contributed by atoms with Crippen LogP contribution in [0.3, 0.4) is 0 Å². The monoisotopic (exact) mass is 421 g/mol. The smallest absolute Gasteiger partial charge is 0.233 e. The first-order valence-electron chi connectivity index (χ1n) is 11.0. The Bertz CT molecular complexity index is 917. The van der Waals surface area contributed by atoms with E-state index in [1.807, 2.05) is 24.9 Å². The Morgan fingerprint density at radius 2 is 2.23 bits per heavy atom. The van der Waals surface area contributed by atoms with E-state index in [0.717, 1.165) is 43.5 Å². The van der Waals surface area contributed by atoms with Crippen molar-refractivity contribution in [2.24, 2.45) is 17.8 Å². The molecular formula is C25H31N3OS. The second kappa shape index (κ2) is 8.15. The summed E-state index contributed by atoms with van der Waals surface area (Å²) in [5.74, 6) is 1.95. The molecule has 4 aliphatic rings. The van der Waals surface area contributed by atoms with Crippen molar-refractivity contribution in [2.75, 3.05) is 7.05 Å². The zero-order chi connectivity index (χ0) is 21.5. The fourth-order valence-corrected chi connectivity index (χ4v) is 6.55. The largest absolute Gasteiger partial charge is 0.364 e. The highest BCUT2D eigenvalue weighted by atomic mass is 32.2. The van der Waals surface area contributed by atoms with Crippen LogP contribution in [0.25, 0.3) is 0 Å². The summed E-state index contributed by atoms with van der Waals surface area (Å²) in [7, 11) is 1.86. The molecule has 1 saturated heterocycles.